The highest BCUT2D eigenvalue weighted by Crippen LogP contribution is 2.36. The second-order valence-corrected chi connectivity index (χ2v) is 4.25. The summed E-state index contributed by atoms with van der Waals surface area (Å²) in [5, 5.41) is 3.03. The first-order valence-electron chi connectivity index (χ1n) is 5.26. The van der Waals surface area contributed by atoms with Crippen LogP contribution in [-0.4, -0.2) is 19.5 Å². The molecule has 1 atom stereocenters. The molecule has 1 unspecified atom stereocenters. The van der Waals surface area contributed by atoms with Crippen molar-refractivity contribution in [2.45, 2.75) is 19.3 Å². The fraction of sp³-hybridized carbons (Fsp3) is 0.500. The van der Waals surface area contributed by atoms with Gasteiger partial charge in [0, 0.05) is 12.0 Å². The van der Waals surface area contributed by atoms with E-state index in [2.05, 4.69) is 5.32 Å². The average molecular weight is 211 g/mol. The van der Waals surface area contributed by atoms with Crippen LogP contribution in [0.5, 0.6) is 0 Å². The predicted molar refractivity (Wildman–Crippen MR) is 56.1 cm³/mol. The Morgan fingerprint density at radius 1 is 1.27 bits per heavy atom. The van der Waals surface area contributed by atoms with Crippen molar-refractivity contribution in [2.24, 2.45) is 5.41 Å². The van der Waals surface area contributed by atoms with Crippen molar-refractivity contribution in [2.75, 3.05) is 13.1 Å². The van der Waals surface area contributed by atoms with Crippen LogP contribution in [0.3, 0.4) is 0 Å². The van der Waals surface area contributed by atoms with Crippen molar-refractivity contribution in [1.29, 1.82) is 0 Å². The number of hydrogen-bond donors (Lipinski definition) is 1. The number of rotatable bonds is 3. The lowest BCUT2D eigenvalue weighted by atomic mass is 9.81. The molecule has 2 rings (SSSR count). The fourth-order valence-corrected chi connectivity index (χ4v) is 2.18. The molecule has 0 bridgehead atoms. The summed E-state index contributed by atoms with van der Waals surface area (Å²) < 4.78 is 26.1. The van der Waals surface area contributed by atoms with Gasteiger partial charge in [-0.15, -0.1) is 0 Å². The number of benzene rings is 1. The average Bonchev–Trinajstić information content (AvgIpc) is 2.69. The van der Waals surface area contributed by atoms with Gasteiger partial charge < -0.3 is 5.32 Å². The summed E-state index contributed by atoms with van der Waals surface area (Å²) in [5.41, 5.74) is 0.156. The maximum absolute atomic E-state index is 13.0. The van der Waals surface area contributed by atoms with E-state index in [9.17, 15) is 8.78 Å². The number of halogens is 2. The van der Waals surface area contributed by atoms with Gasteiger partial charge in [-0.3, -0.25) is 0 Å². The normalized spacial score (nSPS) is 26.1. The molecule has 1 aliphatic rings. The van der Waals surface area contributed by atoms with Gasteiger partial charge in [-0.2, -0.15) is 0 Å². The summed E-state index contributed by atoms with van der Waals surface area (Å²) in [4.78, 5) is 0. The van der Waals surface area contributed by atoms with Crippen LogP contribution in [0.15, 0.2) is 30.3 Å². The Bertz CT molecular complexity index is 305. The maximum atomic E-state index is 13.0. The van der Waals surface area contributed by atoms with Crippen molar-refractivity contribution < 1.29 is 8.78 Å². The van der Waals surface area contributed by atoms with Crippen molar-refractivity contribution in [1.82, 2.24) is 5.32 Å². The summed E-state index contributed by atoms with van der Waals surface area (Å²) in [6, 6.07) is 9.55. The van der Waals surface area contributed by atoms with Gasteiger partial charge in [0.15, 0.2) is 0 Å². The molecule has 1 aromatic rings. The third kappa shape index (κ3) is 2.17. The van der Waals surface area contributed by atoms with E-state index in [0.29, 0.717) is 25.9 Å². The molecule has 1 N–H and O–H groups in total. The first-order valence-corrected chi connectivity index (χ1v) is 5.26. The first-order chi connectivity index (χ1) is 7.23. The van der Waals surface area contributed by atoms with E-state index in [4.69, 9.17) is 0 Å². The van der Waals surface area contributed by atoms with Gasteiger partial charge in [0.25, 0.3) is 0 Å². The molecule has 0 saturated carbocycles. The molecule has 3 heteroatoms. The Balaban J connectivity index is 2.14. The van der Waals surface area contributed by atoms with Crippen LogP contribution in [0.25, 0.3) is 0 Å². The van der Waals surface area contributed by atoms with Crippen LogP contribution in [0, 0.1) is 5.41 Å². The Hall–Kier alpha value is -0.960. The lowest BCUT2D eigenvalue weighted by molar-refractivity contribution is 0.00809. The maximum Gasteiger partial charge on any atom is 0.245 e. The van der Waals surface area contributed by atoms with Gasteiger partial charge in [-0.1, -0.05) is 30.3 Å². The molecular weight excluding hydrogens is 196 g/mol. The van der Waals surface area contributed by atoms with Crippen molar-refractivity contribution in [3.05, 3.63) is 35.9 Å². The molecule has 0 aliphatic carbocycles. The smallest absolute Gasteiger partial charge is 0.245 e. The summed E-state index contributed by atoms with van der Waals surface area (Å²) in [7, 11) is 0. The Kier molecular flexibility index (Phi) is 3.00. The highest BCUT2D eigenvalue weighted by Gasteiger charge is 2.42. The molecule has 1 saturated heterocycles. The standard InChI is InChI=1S/C12H15F2N/c13-11(14)12(6-7-15-9-12)8-10-4-2-1-3-5-10/h1-5,11,15H,6-9H2. The highest BCUT2D eigenvalue weighted by atomic mass is 19.3. The van der Waals surface area contributed by atoms with E-state index in [-0.39, 0.29) is 0 Å². The third-order valence-corrected chi connectivity index (χ3v) is 3.14. The predicted octanol–water partition coefficient (Wildman–Crippen LogP) is 2.47. The van der Waals surface area contributed by atoms with Crippen molar-refractivity contribution in [3.8, 4) is 0 Å². The molecule has 1 aliphatic heterocycles. The van der Waals surface area contributed by atoms with Gasteiger partial charge in [0.05, 0.1) is 0 Å². The van der Waals surface area contributed by atoms with Crippen LogP contribution in [0.4, 0.5) is 8.78 Å². The second kappa shape index (κ2) is 4.27. The van der Waals surface area contributed by atoms with Gasteiger partial charge in [-0.25, -0.2) is 8.78 Å². The Labute approximate surface area is 88.5 Å². The van der Waals surface area contributed by atoms with E-state index in [1.807, 2.05) is 30.3 Å². The van der Waals surface area contributed by atoms with Crippen LogP contribution >= 0.6 is 0 Å². The topological polar surface area (TPSA) is 12.0 Å². The lowest BCUT2D eigenvalue weighted by Crippen LogP contribution is -2.34. The molecule has 0 spiro atoms. The molecule has 1 heterocycles. The molecule has 82 valence electrons. The quantitative estimate of drug-likeness (QED) is 0.810. The number of hydrogen-bond acceptors (Lipinski definition) is 1. The van der Waals surface area contributed by atoms with Crippen LogP contribution in [-0.2, 0) is 6.42 Å². The molecule has 1 nitrogen and oxygen atoms in total. The molecule has 1 aromatic carbocycles. The van der Waals surface area contributed by atoms with Crippen LogP contribution in [0.2, 0.25) is 0 Å². The van der Waals surface area contributed by atoms with Crippen LogP contribution < -0.4 is 5.32 Å². The van der Waals surface area contributed by atoms with Crippen molar-refractivity contribution in [3.63, 3.8) is 0 Å². The largest absolute Gasteiger partial charge is 0.316 e. The Morgan fingerprint density at radius 2 is 2.00 bits per heavy atom. The molecule has 0 aromatic heterocycles. The third-order valence-electron chi connectivity index (χ3n) is 3.14. The zero-order valence-corrected chi connectivity index (χ0v) is 8.55. The van der Waals surface area contributed by atoms with E-state index < -0.39 is 11.8 Å². The van der Waals surface area contributed by atoms with E-state index in [1.165, 1.54) is 0 Å². The lowest BCUT2D eigenvalue weighted by Gasteiger charge is -2.27. The zero-order chi connectivity index (χ0) is 10.7. The summed E-state index contributed by atoms with van der Waals surface area (Å²) in [6.45, 7) is 1.14. The monoisotopic (exact) mass is 211 g/mol. The van der Waals surface area contributed by atoms with Gasteiger partial charge >= 0.3 is 0 Å². The fourth-order valence-electron chi connectivity index (χ4n) is 2.18. The first kappa shape index (κ1) is 10.6. The SMILES string of the molecule is FC(F)C1(Cc2ccccc2)CCNC1. The molecular formula is C12H15F2N. The molecule has 0 amide bonds. The summed E-state index contributed by atoms with van der Waals surface area (Å²) >= 11 is 0. The van der Waals surface area contributed by atoms with Gasteiger partial charge in [-0.05, 0) is 24.9 Å². The van der Waals surface area contributed by atoms with Crippen LogP contribution in [0.1, 0.15) is 12.0 Å². The number of alkyl halides is 2. The molecule has 1 fully saturated rings. The minimum atomic E-state index is -2.24. The molecule has 15 heavy (non-hydrogen) atoms. The van der Waals surface area contributed by atoms with Crippen molar-refractivity contribution >= 4 is 0 Å². The summed E-state index contributed by atoms with van der Waals surface area (Å²) in [5.74, 6) is 0. The van der Waals surface area contributed by atoms with E-state index in [0.717, 1.165) is 5.56 Å². The van der Waals surface area contributed by atoms with E-state index in [1.54, 1.807) is 0 Å². The van der Waals surface area contributed by atoms with Gasteiger partial charge in [0.2, 0.25) is 6.43 Å². The van der Waals surface area contributed by atoms with Gasteiger partial charge in [0.1, 0.15) is 0 Å². The second-order valence-electron chi connectivity index (χ2n) is 4.25. The number of nitrogens with one attached hydrogen (secondary N) is 1. The van der Waals surface area contributed by atoms with E-state index >= 15 is 0 Å². The summed E-state index contributed by atoms with van der Waals surface area (Å²) in [6.07, 6.45) is -1.20. The highest BCUT2D eigenvalue weighted by molar-refractivity contribution is 5.17. The molecule has 0 radical (unpaired) electrons. The minimum absolute atomic E-state index is 0.430. The zero-order valence-electron chi connectivity index (χ0n) is 8.55. The Morgan fingerprint density at radius 3 is 2.53 bits per heavy atom. The minimum Gasteiger partial charge on any atom is -0.316 e.